The van der Waals surface area contributed by atoms with Gasteiger partial charge in [0.25, 0.3) is 0 Å². The first-order valence-electron chi connectivity index (χ1n) is 4.75. The topological polar surface area (TPSA) is 12.9 Å². The van der Waals surface area contributed by atoms with Crippen LogP contribution in [0.5, 0.6) is 0 Å². The average Bonchev–Trinajstić information content (AvgIpc) is 2.17. The highest BCUT2D eigenvalue weighted by molar-refractivity contribution is 5.80. The fourth-order valence-electron chi connectivity index (χ4n) is 1.50. The number of allylic oxidation sites excluding steroid dienone is 1. The zero-order chi connectivity index (χ0) is 9.97. The summed E-state index contributed by atoms with van der Waals surface area (Å²) in [5.74, 6) is 0. The number of para-hydroxylation sites is 1. The van der Waals surface area contributed by atoms with Crippen LogP contribution in [0.2, 0.25) is 0 Å². The van der Waals surface area contributed by atoms with Crippen LogP contribution in [0.15, 0.2) is 42.1 Å². The molecule has 0 spiro atoms. The number of pyridine rings is 1. The molecule has 70 valence electrons. The number of rotatable bonds is 1. The average molecular weight is 183 g/mol. The van der Waals surface area contributed by atoms with Crippen LogP contribution in [0.25, 0.3) is 17.0 Å². The molecule has 14 heavy (non-hydrogen) atoms. The lowest BCUT2D eigenvalue weighted by molar-refractivity contribution is 1.37. The molecule has 0 amide bonds. The fourth-order valence-corrected chi connectivity index (χ4v) is 1.50. The third kappa shape index (κ3) is 1.82. The maximum Gasteiger partial charge on any atom is 0.0702 e. The maximum absolute atomic E-state index is 4.39. The highest BCUT2D eigenvalue weighted by atomic mass is 14.6. The Morgan fingerprint density at radius 3 is 2.79 bits per heavy atom. The van der Waals surface area contributed by atoms with Gasteiger partial charge in [0.1, 0.15) is 0 Å². The lowest BCUT2D eigenvalue weighted by Gasteiger charge is -1.98. The second kappa shape index (κ2) is 3.62. The summed E-state index contributed by atoms with van der Waals surface area (Å²) in [5.41, 5.74) is 3.52. The summed E-state index contributed by atoms with van der Waals surface area (Å²) in [4.78, 5) is 4.39. The van der Waals surface area contributed by atoms with E-state index in [0.717, 1.165) is 5.52 Å². The smallest absolute Gasteiger partial charge is 0.0702 e. The number of benzene rings is 1. The standard InChI is InChI=1S/C13H13N/c1-10(2)7-11-8-12-5-3-4-6-13(12)14-9-11/h3-9H,1-2H3. The van der Waals surface area contributed by atoms with Gasteiger partial charge in [-0.15, -0.1) is 0 Å². The molecule has 1 heteroatoms. The summed E-state index contributed by atoms with van der Waals surface area (Å²) in [6, 6.07) is 10.3. The predicted molar refractivity (Wildman–Crippen MR) is 61.1 cm³/mol. The predicted octanol–water partition coefficient (Wildman–Crippen LogP) is 3.66. The molecule has 2 aromatic rings. The third-order valence-electron chi connectivity index (χ3n) is 2.07. The Bertz CT molecular complexity index is 479. The summed E-state index contributed by atoms with van der Waals surface area (Å²) < 4.78 is 0. The van der Waals surface area contributed by atoms with Gasteiger partial charge in [-0.25, -0.2) is 0 Å². The van der Waals surface area contributed by atoms with Gasteiger partial charge in [0.2, 0.25) is 0 Å². The molecule has 0 aliphatic heterocycles. The molecule has 2 rings (SSSR count). The van der Waals surface area contributed by atoms with E-state index in [1.165, 1.54) is 16.5 Å². The van der Waals surface area contributed by atoms with Gasteiger partial charge in [-0.2, -0.15) is 0 Å². The Labute approximate surface area is 84.1 Å². The lowest BCUT2D eigenvalue weighted by atomic mass is 10.1. The van der Waals surface area contributed by atoms with Crippen molar-refractivity contribution in [3.05, 3.63) is 47.7 Å². The van der Waals surface area contributed by atoms with Crippen LogP contribution in [-0.4, -0.2) is 4.98 Å². The zero-order valence-electron chi connectivity index (χ0n) is 8.49. The van der Waals surface area contributed by atoms with Gasteiger partial charge >= 0.3 is 0 Å². The molecule has 0 aliphatic carbocycles. The number of hydrogen-bond acceptors (Lipinski definition) is 1. The van der Waals surface area contributed by atoms with Crippen LogP contribution < -0.4 is 0 Å². The molecule has 0 bridgehead atoms. The van der Waals surface area contributed by atoms with E-state index in [4.69, 9.17) is 0 Å². The van der Waals surface area contributed by atoms with Gasteiger partial charge in [0.15, 0.2) is 0 Å². The monoisotopic (exact) mass is 183 g/mol. The highest BCUT2D eigenvalue weighted by Gasteiger charge is 1.94. The van der Waals surface area contributed by atoms with Crippen LogP contribution in [0, 0.1) is 0 Å². The van der Waals surface area contributed by atoms with Crippen LogP contribution in [-0.2, 0) is 0 Å². The van der Waals surface area contributed by atoms with Crippen LogP contribution in [0.3, 0.4) is 0 Å². The Morgan fingerprint density at radius 2 is 2.00 bits per heavy atom. The molecule has 0 radical (unpaired) electrons. The largest absolute Gasteiger partial charge is 0.256 e. The number of nitrogens with zero attached hydrogens (tertiary/aromatic N) is 1. The van der Waals surface area contributed by atoms with Crippen molar-refractivity contribution < 1.29 is 0 Å². The van der Waals surface area contributed by atoms with E-state index in [1.807, 2.05) is 24.4 Å². The molecule has 0 aliphatic rings. The van der Waals surface area contributed by atoms with Crippen molar-refractivity contribution in [2.75, 3.05) is 0 Å². The molecule has 1 aromatic heterocycles. The van der Waals surface area contributed by atoms with Gasteiger partial charge in [-0.1, -0.05) is 29.8 Å². The van der Waals surface area contributed by atoms with E-state index in [2.05, 4.69) is 37.0 Å². The van der Waals surface area contributed by atoms with E-state index in [9.17, 15) is 0 Å². The van der Waals surface area contributed by atoms with E-state index in [0.29, 0.717) is 0 Å². The fraction of sp³-hybridized carbons (Fsp3) is 0.154. The van der Waals surface area contributed by atoms with Gasteiger partial charge < -0.3 is 0 Å². The Hall–Kier alpha value is -1.63. The van der Waals surface area contributed by atoms with Gasteiger partial charge in [0, 0.05) is 11.6 Å². The number of hydrogen-bond donors (Lipinski definition) is 0. The lowest BCUT2D eigenvalue weighted by Crippen LogP contribution is -1.80. The minimum Gasteiger partial charge on any atom is -0.256 e. The van der Waals surface area contributed by atoms with E-state index >= 15 is 0 Å². The maximum atomic E-state index is 4.39. The first-order chi connectivity index (χ1) is 6.75. The van der Waals surface area contributed by atoms with Crippen molar-refractivity contribution in [1.82, 2.24) is 4.98 Å². The number of aromatic nitrogens is 1. The van der Waals surface area contributed by atoms with E-state index in [1.54, 1.807) is 0 Å². The van der Waals surface area contributed by atoms with Crippen LogP contribution in [0.4, 0.5) is 0 Å². The molecule has 0 fully saturated rings. The summed E-state index contributed by atoms with van der Waals surface area (Å²) in [6.07, 6.45) is 4.05. The van der Waals surface area contributed by atoms with Crippen molar-refractivity contribution in [2.24, 2.45) is 0 Å². The van der Waals surface area contributed by atoms with E-state index in [-0.39, 0.29) is 0 Å². The first kappa shape index (κ1) is 8.95. The molecule has 0 unspecified atom stereocenters. The van der Waals surface area contributed by atoms with Crippen LogP contribution >= 0.6 is 0 Å². The molecule has 1 heterocycles. The summed E-state index contributed by atoms with van der Waals surface area (Å²) in [6.45, 7) is 4.18. The second-order valence-corrected chi connectivity index (χ2v) is 3.68. The second-order valence-electron chi connectivity index (χ2n) is 3.68. The van der Waals surface area contributed by atoms with Crippen molar-refractivity contribution in [3.8, 4) is 0 Å². The molecule has 0 N–H and O–H groups in total. The molecule has 0 saturated heterocycles. The Balaban J connectivity index is 2.57. The minimum absolute atomic E-state index is 1.05. The van der Waals surface area contributed by atoms with Crippen LogP contribution in [0.1, 0.15) is 19.4 Å². The zero-order valence-corrected chi connectivity index (χ0v) is 8.49. The minimum atomic E-state index is 1.05. The third-order valence-corrected chi connectivity index (χ3v) is 2.07. The van der Waals surface area contributed by atoms with Crippen molar-refractivity contribution in [1.29, 1.82) is 0 Å². The number of fused-ring (bicyclic) bond motifs is 1. The van der Waals surface area contributed by atoms with Crippen molar-refractivity contribution in [3.63, 3.8) is 0 Å². The quantitative estimate of drug-likeness (QED) is 0.657. The van der Waals surface area contributed by atoms with Crippen molar-refractivity contribution in [2.45, 2.75) is 13.8 Å². The summed E-state index contributed by atoms with van der Waals surface area (Å²) >= 11 is 0. The van der Waals surface area contributed by atoms with E-state index < -0.39 is 0 Å². The summed E-state index contributed by atoms with van der Waals surface area (Å²) in [7, 11) is 0. The Kier molecular flexibility index (Phi) is 2.32. The molecule has 1 aromatic carbocycles. The molecular weight excluding hydrogens is 170 g/mol. The SMILES string of the molecule is CC(C)=Cc1cnc2ccccc2c1. The molecule has 0 atom stereocenters. The van der Waals surface area contributed by atoms with Crippen molar-refractivity contribution >= 4 is 17.0 Å². The first-order valence-corrected chi connectivity index (χ1v) is 4.75. The van der Waals surface area contributed by atoms with Gasteiger partial charge in [-0.3, -0.25) is 4.98 Å². The molecule has 0 saturated carbocycles. The molecular formula is C13H13N. The Morgan fingerprint density at radius 1 is 1.21 bits per heavy atom. The van der Waals surface area contributed by atoms with Gasteiger partial charge in [-0.05, 0) is 31.5 Å². The van der Waals surface area contributed by atoms with Gasteiger partial charge in [0.05, 0.1) is 5.52 Å². The highest BCUT2D eigenvalue weighted by Crippen LogP contribution is 2.14. The normalized spacial score (nSPS) is 10.1. The summed E-state index contributed by atoms with van der Waals surface area (Å²) in [5, 5.41) is 1.20. The molecule has 1 nitrogen and oxygen atoms in total.